The zero-order valence-electron chi connectivity index (χ0n) is 6.76. The summed E-state index contributed by atoms with van der Waals surface area (Å²) in [6, 6.07) is 1.84. The van der Waals surface area contributed by atoms with Gasteiger partial charge in [0, 0.05) is 19.8 Å². The molecule has 11 heavy (non-hydrogen) atoms. The minimum atomic E-state index is 0.642. The average Bonchev–Trinajstić information content (AvgIpc) is 2.06. The van der Waals surface area contributed by atoms with Crippen molar-refractivity contribution < 1.29 is 0 Å². The summed E-state index contributed by atoms with van der Waals surface area (Å²) in [5, 5.41) is 5.95. The van der Waals surface area contributed by atoms with E-state index in [1.165, 1.54) is 0 Å². The Balaban J connectivity index is 2.74. The van der Waals surface area contributed by atoms with Crippen LogP contribution in [0.3, 0.4) is 0 Å². The van der Waals surface area contributed by atoms with Crippen LogP contribution in [0.25, 0.3) is 0 Å². The molecule has 4 heteroatoms. The molecule has 0 bridgehead atoms. The molecule has 0 atom stereocenters. The van der Waals surface area contributed by atoms with Gasteiger partial charge in [0.25, 0.3) is 0 Å². The zero-order valence-corrected chi connectivity index (χ0v) is 6.76. The Morgan fingerprint density at radius 2 is 2.36 bits per heavy atom. The maximum Gasteiger partial charge on any atom is 0.224 e. The third kappa shape index (κ3) is 2.07. The fraction of sp³-hybridized carbons (Fsp3) is 0.429. The molecule has 0 saturated carbocycles. The van der Waals surface area contributed by atoms with Gasteiger partial charge in [0.05, 0.1) is 0 Å². The summed E-state index contributed by atoms with van der Waals surface area (Å²) in [5.41, 5.74) is 0. The second-order valence-corrected chi connectivity index (χ2v) is 2.05. The van der Waals surface area contributed by atoms with Crippen molar-refractivity contribution in [3.8, 4) is 0 Å². The number of aromatic nitrogens is 2. The molecular weight excluding hydrogens is 140 g/mol. The Morgan fingerprint density at radius 1 is 1.55 bits per heavy atom. The summed E-state index contributed by atoms with van der Waals surface area (Å²) in [4.78, 5) is 8.13. The van der Waals surface area contributed by atoms with Crippen LogP contribution in [0.4, 0.5) is 11.8 Å². The summed E-state index contributed by atoms with van der Waals surface area (Å²) >= 11 is 0. The largest absolute Gasteiger partial charge is 0.370 e. The lowest BCUT2D eigenvalue weighted by atomic mass is 10.5. The molecule has 1 rings (SSSR count). The van der Waals surface area contributed by atoms with Crippen molar-refractivity contribution in [3.63, 3.8) is 0 Å². The van der Waals surface area contributed by atoms with E-state index in [4.69, 9.17) is 0 Å². The highest BCUT2D eigenvalue weighted by Gasteiger charge is 1.92. The Bertz CT molecular complexity index is 223. The molecule has 2 N–H and O–H groups in total. The second kappa shape index (κ2) is 3.75. The molecule has 0 saturated heterocycles. The minimum Gasteiger partial charge on any atom is -0.370 e. The predicted molar refractivity (Wildman–Crippen MR) is 45.7 cm³/mol. The van der Waals surface area contributed by atoms with Gasteiger partial charge >= 0.3 is 0 Å². The molecule has 0 aliphatic rings. The number of hydrogen-bond acceptors (Lipinski definition) is 4. The number of rotatable bonds is 3. The van der Waals surface area contributed by atoms with E-state index in [-0.39, 0.29) is 0 Å². The summed E-state index contributed by atoms with van der Waals surface area (Å²) < 4.78 is 0. The van der Waals surface area contributed by atoms with Gasteiger partial charge in [-0.1, -0.05) is 0 Å². The van der Waals surface area contributed by atoms with Crippen LogP contribution in [0.2, 0.25) is 0 Å². The molecule has 0 aromatic carbocycles. The highest BCUT2D eigenvalue weighted by atomic mass is 15.1. The van der Waals surface area contributed by atoms with E-state index < -0.39 is 0 Å². The first-order valence-corrected chi connectivity index (χ1v) is 3.61. The fourth-order valence-electron chi connectivity index (χ4n) is 0.759. The summed E-state index contributed by atoms with van der Waals surface area (Å²) in [5.74, 6) is 1.50. The molecule has 0 unspecified atom stereocenters. The first-order chi connectivity index (χ1) is 5.36. The molecule has 0 spiro atoms. The number of hydrogen-bond donors (Lipinski definition) is 2. The van der Waals surface area contributed by atoms with E-state index in [2.05, 4.69) is 20.6 Å². The molecule has 0 aliphatic heterocycles. The molecule has 1 heterocycles. The van der Waals surface area contributed by atoms with Crippen molar-refractivity contribution in [1.82, 2.24) is 9.97 Å². The van der Waals surface area contributed by atoms with Crippen LogP contribution >= 0.6 is 0 Å². The lowest BCUT2D eigenvalue weighted by Gasteiger charge is -2.02. The van der Waals surface area contributed by atoms with Gasteiger partial charge in [-0.05, 0) is 13.0 Å². The summed E-state index contributed by atoms with van der Waals surface area (Å²) in [6.45, 7) is 2.90. The smallest absolute Gasteiger partial charge is 0.224 e. The van der Waals surface area contributed by atoms with Gasteiger partial charge < -0.3 is 10.6 Å². The molecule has 0 radical (unpaired) electrons. The number of nitrogens with one attached hydrogen (secondary N) is 2. The zero-order chi connectivity index (χ0) is 8.10. The number of anilines is 2. The monoisotopic (exact) mass is 152 g/mol. The van der Waals surface area contributed by atoms with E-state index in [0.717, 1.165) is 12.4 Å². The van der Waals surface area contributed by atoms with Crippen molar-refractivity contribution in [2.45, 2.75) is 6.92 Å². The first kappa shape index (κ1) is 7.78. The second-order valence-electron chi connectivity index (χ2n) is 2.05. The maximum absolute atomic E-state index is 4.15. The van der Waals surface area contributed by atoms with Gasteiger partial charge in [-0.25, -0.2) is 4.98 Å². The standard InChI is InChI=1S/C7H12N4/c1-3-9-6-4-5-10-7(8-2)11-6/h4-5H,3H2,1-2H3,(H2,8,9,10,11). The normalized spacial score (nSPS) is 9.27. The Labute approximate surface area is 66.1 Å². The van der Waals surface area contributed by atoms with Crippen LogP contribution in [0.5, 0.6) is 0 Å². The molecule has 1 aromatic heterocycles. The Hall–Kier alpha value is -1.32. The van der Waals surface area contributed by atoms with Crippen LogP contribution in [0, 0.1) is 0 Å². The molecule has 0 fully saturated rings. The Morgan fingerprint density at radius 3 is 3.00 bits per heavy atom. The molecule has 1 aromatic rings. The van der Waals surface area contributed by atoms with Gasteiger partial charge in [0.2, 0.25) is 5.95 Å². The van der Waals surface area contributed by atoms with Gasteiger partial charge in [0.1, 0.15) is 5.82 Å². The van der Waals surface area contributed by atoms with Gasteiger partial charge in [0.15, 0.2) is 0 Å². The van der Waals surface area contributed by atoms with Crippen molar-refractivity contribution in [3.05, 3.63) is 12.3 Å². The minimum absolute atomic E-state index is 0.642. The van der Waals surface area contributed by atoms with Gasteiger partial charge in [-0.15, -0.1) is 0 Å². The lowest BCUT2D eigenvalue weighted by Crippen LogP contribution is -2.02. The van der Waals surface area contributed by atoms with Crippen LogP contribution in [-0.4, -0.2) is 23.6 Å². The van der Waals surface area contributed by atoms with Crippen LogP contribution in [0.1, 0.15) is 6.92 Å². The van der Waals surface area contributed by atoms with E-state index in [1.807, 2.05) is 13.0 Å². The third-order valence-electron chi connectivity index (χ3n) is 1.24. The SMILES string of the molecule is CCNc1ccnc(NC)n1. The van der Waals surface area contributed by atoms with Crippen molar-refractivity contribution in [1.29, 1.82) is 0 Å². The molecule has 0 amide bonds. The van der Waals surface area contributed by atoms with Crippen LogP contribution in [-0.2, 0) is 0 Å². The summed E-state index contributed by atoms with van der Waals surface area (Å²) in [6.07, 6.45) is 1.72. The molecular formula is C7H12N4. The van der Waals surface area contributed by atoms with Crippen LogP contribution < -0.4 is 10.6 Å². The topological polar surface area (TPSA) is 49.8 Å². The van der Waals surface area contributed by atoms with Gasteiger partial charge in [-0.3, -0.25) is 0 Å². The van der Waals surface area contributed by atoms with Crippen molar-refractivity contribution >= 4 is 11.8 Å². The highest BCUT2D eigenvalue weighted by Crippen LogP contribution is 2.03. The molecule has 0 aliphatic carbocycles. The molecule has 60 valence electrons. The highest BCUT2D eigenvalue weighted by molar-refractivity contribution is 5.38. The van der Waals surface area contributed by atoms with E-state index in [1.54, 1.807) is 13.2 Å². The van der Waals surface area contributed by atoms with Crippen LogP contribution in [0.15, 0.2) is 12.3 Å². The number of nitrogens with zero attached hydrogens (tertiary/aromatic N) is 2. The van der Waals surface area contributed by atoms with Gasteiger partial charge in [-0.2, -0.15) is 4.98 Å². The quantitative estimate of drug-likeness (QED) is 0.677. The van der Waals surface area contributed by atoms with E-state index >= 15 is 0 Å². The predicted octanol–water partition coefficient (Wildman–Crippen LogP) is 0.950. The maximum atomic E-state index is 4.15. The van der Waals surface area contributed by atoms with Crippen molar-refractivity contribution in [2.75, 3.05) is 24.2 Å². The fourth-order valence-corrected chi connectivity index (χ4v) is 0.759. The lowest BCUT2D eigenvalue weighted by molar-refractivity contribution is 1.10. The Kier molecular flexibility index (Phi) is 2.66. The summed E-state index contributed by atoms with van der Waals surface area (Å²) in [7, 11) is 1.80. The molecule has 4 nitrogen and oxygen atoms in total. The third-order valence-corrected chi connectivity index (χ3v) is 1.24. The first-order valence-electron chi connectivity index (χ1n) is 3.61. The van der Waals surface area contributed by atoms with E-state index in [0.29, 0.717) is 5.95 Å². The van der Waals surface area contributed by atoms with E-state index in [9.17, 15) is 0 Å². The van der Waals surface area contributed by atoms with Crippen molar-refractivity contribution in [2.24, 2.45) is 0 Å². The average molecular weight is 152 g/mol.